The van der Waals surface area contributed by atoms with Gasteiger partial charge in [-0.2, -0.15) is 0 Å². The van der Waals surface area contributed by atoms with Crippen LogP contribution in [-0.2, 0) is 9.59 Å². The molecule has 0 aromatic heterocycles. The number of hydrogen-bond donors (Lipinski definition) is 4. The SMILES string of the molecule is N[C@@]1(C(=O)O)CC(=NO)[C@H]2[C@H](C(=O)O)[C@H]21. The van der Waals surface area contributed by atoms with Crippen LogP contribution in [0.1, 0.15) is 6.42 Å². The molecule has 2 aliphatic carbocycles. The van der Waals surface area contributed by atoms with E-state index in [0.29, 0.717) is 0 Å². The molecule has 2 saturated carbocycles. The standard InChI is InChI=1S/C8H10N2O5/c9-8(7(13)14)1-2(10-15)3-4(5(3)8)6(11)12/h3-5,15H,1,9H2,(H,11,12)(H,13,14)/t3-,4-,5-,8-/m0/s1. The minimum absolute atomic E-state index is 0.0854. The number of carbonyl (C=O) groups is 2. The molecule has 0 bridgehead atoms. The predicted molar refractivity (Wildman–Crippen MR) is 46.5 cm³/mol. The third-order valence-electron chi connectivity index (χ3n) is 3.28. The number of fused-ring (bicyclic) bond motifs is 1. The molecule has 7 nitrogen and oxygen atoms in total. The Hall–Kier alpha value is -1.63. The molecule has 15 heavy (non-hydrogen) atoms. The van der Waals surface area contributed by atoms with E-state index in [0.717, 1.165) is 0 Å². The zero-order valence-corrected chi connectivity index (χ0v) is 7.62. The van der Waals surface area contributed by atoms with Gasteiger partial charge in [0.25, 0.3) is 0 Å². The van der Waals surface area contributed by atoms with Gasteiger partial charge < -0.3 is 21.2 Å². The van der Waals surface area contributed by atoms with Crippen molar-refractivity contribution in [2.75, 3.05) is 0 Å². The number of hydrogen-bond acceptors (Lipinski definition) is 5. The molecule has 0 heterocycles. The molecule has 2 aliphatic rings. The summed E-state index contributed by atoms with van der Waals surface area (Å²) in [7, 11) is 0. The van der Waals surface area contributed by atoms with E-state index in [-0.39, 0.29) is 12.1 Å². The zero-order chi connectivity index (χ0) is 11.4. The maximum Gasteiger partial charge on any atom is 0.324 e. The number of nitrogens with zero attached hydrogens (tertiary/aromatic N) is 1. The second kappa shape index (κ2) is 2.69. The van der Waals surface area contributed by atoms with Gasteiger partial charge in [-0.25, -0.2) is 0 Å². The fourth-order valence-electron chi connectivity index (χ4n) is 2.53. The number of oxime groups is 1. The molecule has 0 aromatic rings. The van der Waals surface area contributed by atoms with Gasteiger partial charge in [-0.1, -0.05) is 5.16 Å². The van der Waals surface area contributed by atoms with Crippen LogP contribution in [0.4, 0.5) is 0 Å². The molecule has 4 atom stereocenters. The normalized spacial score (nSPS) is 45.1. The maximum atomic E-state index is 10.9. The summed E-state index contributed by atoms with van der Waals surface area (Å²) in [5, 5.41) is 29.3. The topological polar surface area (TPSA) is 133 Å². The lowest BCUT2D eigenvalue weighted by Crippen LogP contribution is -2.50. The van der Waals surface area contributed by atoms with E-state index in [1.165, 1.54) is 0 Å². The number of rotatable bonds is 2. The van der Waals surface area contributed by atoms with Crippen molar-refractivity contribution in [1.29, 1.82) is 0 Å². The van der Waals surface area contributed by atoms with Gasteiger partial charge in [0, 0.05) is 18.3 Å². The van der Waals surface area contributed by atoms with E-state index >= 15 is 0 Å². The Balaban J connectivity index is 2.34. The summed E-state index contributed by atoms with van der Waals surface area (Å²) in [5.41, 5.74) is 4.20. The summed E-state index contributed by atoms with van der Waals surface area (Å²) < 4.78 is 0. The Morgan fingerprint density at radius 3 is 2.47 bits per heavy atom. The van der Waals surface area contributed by atoms with Gasteiger partial charge >= 0.3 is 11.9 Å². The highest BCUT2D eigenvalue weighted by Crippen LogP contribution is 2.60. The van der Waals surface area contributed by atoms with E-state index < -0.39 is 35.2 Å². The summed E-state index contributed by atoms with van der Waals surface area (Å²) in [4.78, 5) is 21.7. The van der Waals surface area contributed by atoms with E-state index in [4.69, 9.17) is 21.2 Å². The molecule has 0 amide bonds. The van der Waals surface area contributed by atoms with Crippen LogP contribution in [-0.4, -0.2) is 38.6 Å². The first-order chi connectivity index (χ1) is 6.93. The third kappa shape index (κ3) is 1.06. The Morgan fingerprint density at radius 2 is 2.07 bits per heavy atom. The van der Waals surface area contributed by atoms with Crippen molar-refractivity contribution in [2.24, 2.45) is 28.6 Å². The second-order valence-corrected chi connectivity index (χ2v) is 4.03. The lowest BCUT2D eigenvalue weighted by molar-refractivity contribution is -0.144. The Bertz CT molecular complexity index is 379. The molecule has 0 aliphatic heterocycles. The van der Waals surface area contributed by atoms with Crippen LogP contribution in [0.2, 0.25) is 0 Å². The second-order valence-electron chi connectivity index (χ2n) is 4.03. The molecule has 0 saturated heterocycles. The van der Waals surface area contributed by atoms with Gasteiger partial charge in [0.15, 0.2) is 0 Å². The molecule has 0 spiro atoms. The number of nitrogens with two attached hydrogens (primary N) is 1. The van der Waals surface area contributed by atoms with E-state index in [9.17, 15) is 9.59 Å². The molecule has 0 aromatic carbocycles. The highest BCUT2D eigenvalue weighted by molar-refractivity contribution is 6.05. The van der Waals surface area contributed by atoms with Crippen molar-refractivity contribution >= 4 is 17.7 Å². The summed E-state index contributed by atoms with van der Waals surface area (Å²) >= 11 is 0. The van der Waals surface area contributed by atoms with Crippen molar-refractivity contribution in [2.45, 2.75) is 12.0 Å². The lowest BCUT2D eigenvalue weighted by atomic mass is 9.91. The highest BCUT2D eigenvalue weighted by Gasteiger charge is 2.73. The first-order valence-corrected chi connectivity index (χ1v) is 4.39. The summed E-state index contributed by atoms with van der Waals surface area (Å²) in [6, 6.07) is 0. The van der Waals surface area contributed by atoms with Crippen LogP contribution in [0.15, 0.2) is 5.16 Å². The Kier molecular flexibility index (Phi) is 1.78. The fraction of sp³-hybridized carbons (Fsp3) is 0.625. The average Bonchev–Trinajstić information content (AvgIpc) is 2.82. The Labute approximate surface area is 84.2 Å². The van der Waals surface area contributed by atoms with Crippen molar-refractivity contribution in [1.82, 2.24) is 0 Å². The highest BCUT2D eigenvalue weighted by atomic mass is 16.4. The van der Waals surface area contributed by atoms with E-state index in [2.05, 4.69) is 5.16 Å². The van der Waals surface area contributed by atoms with Crippen LogP contribution in [0.3, 0.4) is 0 Å². The van der Waals surface area contributed by atoms with Gasteiger partial charge in [0.1, 0.15) is 5.54 Å². The first-order valence-electron chi connectivity index (χ1n) is 4.39. The molecule has 7 heteroatoms. The largest absolute Gasteiger partial charge is 0.481 e. The molecule has 0 unspecified atom stereocenters. The molecule has 2 rings (SSSR count). The molecular weight excluding hydrogens is 204 g/mol. The first kappa shape index (κ1) is 9.91. The number of carboxylic acid groups (broad SMARTS) is 2. The van der Waals surface area contributed by atoms with Crippen LogP contribution in [0, 0.1) is 17.8 Å². The fourth-order valence-corrected chi connectivity index (χ4v) is 2.53. The average molecular weight is 214 g/mol. The van der Waals surface area contributed by atoms with Crippen LogP contribution in [0.5, 0.6) is 0 Å². The zero-order valence-electron chi connectivity index (χ0n) is 7.62. The minimum atomic E-state index is -1.60. The van der Waals surface area contributed by atoms with Crippen LogP contribution in [0.25, 0.3) is 0 Å². The van der Waals surface area contributed by atoms with Crippen molar-refractivity contribution in [3.63, 3.8) is 0 Å². The maximum absolute atomic E-state index is 10.9. The van der Waals surface area contributed by atoms with Crippen molar-refractivity contribution in [3.05, 3.63) is 0 Å². The quantitative estimate of drug-likeness (QED) is 0.342. The van der Waals surface area contributed by atoms with Gasteiger partial charge in [0.05, 0.1) is 11.6 Å². The summed E-state index contributed by atoms with van der Waals surface area (Å²) in [6.45, 7) is 0. The minimum Gasteiger partial charge on any atom is -0.481 e. The van der Waals surface area contributed by atoms with Crippen LogP contribution >= 0.6 is 0 Å². The predicted octanol–water partition coefficient (Wildman–Crippen LogP) is -1.05. The number of aliphatic carboxylic acids is 2. The van der Waals surface area contributed by atoms with Gasteiger partial charge in [-0.3, -0.25) is 9.59 Å². The van der Waals surface area contributed by atoms with Crippen molar-refractivity contribution < 1.29 is 25.0 Å². The van der Waals surface area contributed by atoms with Crippen molar-refractivity contribution in [3.8, 4) is 0 Å². The van der Waals surface area contributed by atoms with Gasteiger partial charge in [0.2, 0.25) is 0 Å². The molecule has 0 radical (unpaired) electrons. The van der Waals surface area contributed by atoms with E-state index in [1.54, 1.807) is 0 Å². The molecule has 82 valence electrons. The summed E-state index contributed by atoms with van der Waals surface area (Å²) in [5.74, 6) is -4.35. The third-order valence-corrected chi connectivity index (χ3v) is 3.28. The van der Waals surface area contributed by atoms with E-state index in [1.807, 2.05) is 0 Å². The van der Waals surface area contributed by atoms with Gasteiger partial charge in [-0.05, 0) is 0 Å². The number of carboxylic acids is 2. The van der Waals surface area contributed by atoms with Gasteiger partial charge in [-0.15, -0.1) is 0 Å². The molecule has 2 fully saturated rings. The Morgan fingerprint density at radius 1 is 1.47 bits per heavy atom. The monoisotopic (exact) mass is 214 g/mol. The molecule has 5 N–H and O–H groups in total. The van der Waals surface area contributed by atoms with Crippen LogP contribution < -0.4 is 5.73 Å². The summed E-state index contributed by atoms with van der Waals surface area (Å²) in [6.07, 6.45) is -0.0854. The lowest BCUT2D eigenvalue weighted by Gasteiger charge is -2.20. The molecular formula is C8H10N2O5. The smallest absolute Gasteiger partial charge is 0.324 e.